The Morgan fingerprint density at radius 3 is 2.32 bits per heavy atom. The summed E-state index contributed by atoms with van der Waals surface area (Å²) < 4.78 is 0. The normalized spacial score (nSPS) is 14.8. The van der Waals surface area contributed by atoms with E-state index in [1.807, 2.05) is 53.2 Å². The number of rotatable bonds is 9. The first-order valence-corrected chi connectivity index (χ1v) is 13.4. The number of nitrogens with zero attached hydrogens (tertiary/aromatic N) is 1. The number of amides is 3. The lowest BCUT2D eigenvalue weighted by atomic mass is 9.95. The lowest BCUT2D eigenvalue weighted by Crippen LogP contribution is -2.48. The van der Waals surface area contributed by atoms with E-state index >= 15 is 0 Å². The maximum atomic E-state index is 13.6. The molecular formula is C26H29N3O3S2. The summed E-state index contributed by atoms with van der Waals surface area (Å²) in [5, 5.41) is 9.66. The topological polar surface area (TPSA) is 78.5 Å². The van der Waals surface area contributed by atoms with E-state index in [1.54, 1.807) is 17.0 Å². The van der Waals surface area contributed by atoms with E-state index in [4.69, 9.17) is 0 Å². The van der Waals surface area contributed by atoms with Gasteiger partial charge in [-0.15, -0.1) is 22.7 Å². The van der Waals surface area contributed by atoms with Crippen molar-refractivity contribution in [2.75, 3.05) is 6.54 Å². The zero-order chi connectivity index (χ0) is 23.8. The lowest BCUT2D eigenvalue weighted by Gasteiger charge is -2.33. The molecule has 1 aliphatic carbocycles. The van der Waals surface area contributed by atoms with E-state index in [1.165, 1.54) is 29.1 Å². The van der Waals surface area contributed by atoms with Crippen LogP contribution in [0.1, 0.15) is 58.3 Å². The van der Waals surface area contributed by atoms with Gasteiger partial charge in [0.1, 0.15) is 6.04 Å². The van der Waals surface area contributed by atoms with Gasteiger partial charge in [0.15, 0.2) is 0 Å². The summed E-state index contributed by atoms with van der Waals surface area (Å²) >= 11 is 2.78. The Bertz CT molecular complexity index is 1060. The number of nitrogens with one attached hydrogen (secondary N) is 2. The van der Waals surface area contributed by atoms with Crippen LogP contribution in [0.4, 0.5) is 0 Å². The summed E-state index contributed by atoms with van der Waals surface area (Å²) in [6, 6.07) is 16.3. The number of benzene rings is 1. The quantitative estimate of drug-likeness (QED) is 0.449. The monoisotopic (exact) mass is 495 g/mol. The molecule has 1 aliphatic rings. The van der Waals surface area contributed by atoms with Gasteiger partial charge in [-0.1, -0.05) is 61.7 Å². The SMILES string of the molecule is O=C(NCC(=O)N(Cc1ccccc1)[C@@H](C(=O)NC1CCCCC1)c1cccs1)c1cccs1. The summed E-state index contributed by atoms with van der Waals surface area (Å²) in [6.07, 6.45) is 5.34. The highest BCUT2D eigenvalue weighted by Crippen LogP contribution is 2.28. The second-order valence-electron chi connectivity index (χ2n) is 8.43. The molecule has 1 aromatic carbocycles. The largest absolute Gasteiger partial charge is 0.351 e. The fourth-order valence-electron chi connectivity index (χ4n) is 4.25. The minimum atomic E-state index is -0.756. The van der Waals surface area contributed by atoms with Gasteiger partial charge < -0.3 is 15.5 Å². The molecule has 1 saturated carbocycles. The summed E-state index contributed by atoms with van der Waals surface area (Å²) in [5.74, 6) is -0.753. The van der Waals surface area contributed by atoms with Gasteiger partial charge in [0.25, 0.3) is 5.91 Å². The molecular weight excluding hydrogens is 466 g/mol. The van der Waals surface area contributed by atoms with E-state index in [2.05, 4.69) is 10.6 Å². The molecule has 34 heavy (non-hydrogen) atoms. The van der Waals surface area contributed by atoms with Crippen molar-refractivity contribution in [3.05, 3.63) is 80.7 Å². The van der Waals surface area contributed by atoms with Crippen molar-refractivity contribution in [3.8, 4) is 0 Å². The van der Waals surface area contributed by atoms with E-state index < -0.39 is 6.04 Å². The third-order valence-electron chi connectivity index (χ3n) is 5.99. The van der Waals surface area contributed by atoms with Crippen LogP contribution in [-0.4, -0.2) is 35.2 Å². The Hall–Kier alpha value is -2.97. The summed E-state index contributed by atoms with van der Waals surface area (Å²) in [4.78, 5) is 42.5. The molecule has 2 N–H and O–H groups in total. The number of carbonyl (C=O) groups excluding carboxylic acids is 3. The van der Waals surface area contributed by atoms with Crippen LogP contribution in [0.15, 0.2) is 65.4 Å². The fraction of sp³-hybridized carbons (Fsp3) is 0.346. The van der Waals surface area contributed by atoms with Crippen molar-refractivity contribution in [2.45, 2.75) is 50.7 Å². The zero-order valence-corrected chi connectivity index (χ0v) is 20.6. The van der Waals surface area contributed by atoms with Crippen LogP contribution in [-0.2, 0) is 16.1 Å². The number of hydrogen-bond acceptors (Lipinski definition) is 5. The van der Waals surface area contributed by atoms with Crippen LogP contribution in [0.25, 0.3) is 0 Å². The molecule has 0 unspecified atom stereocenters. The van der Waals surface area contributed by atoms with Gasteiger partial charge in [-0.25, -0.2) is 0 Å². The smallest absolute Gasteiger partial charge is 0.261 e. The first kappa shape index (κ1) is 24.2. The fourth-order valence-corrected chi connectivity index (χ4v) is 5.73. The average Bonchev–Trinajstić information content (AvgIpc) is 3.58. The van der Waals surface area contributed by atoms with Crippen molar-refractivity contribution < 1.29 is 14.4 Å². The second-order valence-corrected chi connectivity index (χ2v) is 10.4. The first-order valence-electron chi connectivity index (χ1n) is 11.6. The minimum Gasteiger partial charge on any atom is -0.351 e. The van der Waals surface area contributed by atoms with Gasteiger partial charge in [-0.05, 0) is 41.3 Å². The van der Waals surface area contributed by atoms with Crippen LogP contribution in [0.5, 0.6) is 0 Å². The van der Waals surface area contributed by atoms with Crippen LogP contribution in [0.2, 0.25) is 0 Å². The van der Waals surface area contributed by atoms with Crippen LogP contribution >= 0.6 is 22.7 Å². The maximum absolute atomic E-state index is 13.6. The number of carbonyl (C=O) groups is 3. The van der Waals surface area contributed by atoms with E-state index in [9.17, 15) is 14.4 Å². The third-order valence-corrected chi connectivity index (χ3v) is 7.78. The highest BCUT2D eigenvalue weighted by Gasteiger charge is 2.33. The van der Waals surface area contributed by atoms with Crippen molar-refractivity contribution >= 4 is 40.4 Å². The van der Waals surface area contributed by atoms with Crippen LogP contribution in [0, 0.1) is 0 Å². The van der Waals surface area contributed by atoms with Crippen LogP contribution < -0.4 is 10.6 Å². The summed E-state index contributed by atoms with van der Waals surface area (Å²) in [7, 11) is 0. The van der Waals surface area contributed by atoms with Crippen molar-refractivity contribution in [3.63, 3.8) is 0 Å². The molecule has 0 saturated heterocycles. The molecule has 0 radical (unpaired) electrons. The molecule has 0 aliphatic heterocycles. The highest BCUT2D eigenvalue weighted by atomic mass is 32.1. The van der Waals surface area contributed by atoms with E-state index in [0.29, 0.717) is 4.88 Å². The van der Waals surface area contributed by atoms with E-state index in [0.717, 1.165) is 36.1 Å². The van der Waals surface area contributed by atoms with Gasteiger partial charge in [0.2, 0.25) is 11.8 Å². The highest BCUT2D eigenvalue weighted by molar-refractivity contribution is 7.12. The van der Waals surface area contributed by atoms with Crippen LogP contribution in [0.3, 0.4) is 0 Å². The van der Waals surface area contributed by atoms with Gasteiger partial charge in [0.05, 0.1) is 11.4 Å². The Kier molecular flexibility index (Phi) is 8.49. The predicted molar refractivity (Wildman–Crippen MR) is 136 cm³/mol. The van der Waals surface area contributed by atoms with Crippen molar-refractivity contribution in [1.29, 1.82) is 0 Å². The molecule has 4 rings (SSSR count). The molecule has 1 atom stereocenters. The van der Waals surface area contributed by atoms with Gasteiger partial charge in [-0.2, -0.15) is 0 Å². The molecule has 2 heterocycles. The molecule has 3 amide bonds. The number of thiophene rings is 2. The molecule has 8 heteroatoms. The molecule has 0 bridgehead atoms. The van der Waals surface area contributed by atoms with E-state index in [-0.39, 0.29) is 36.9 Å². The predicted octanol–water partition coefficient (Wildman–Crippen LogP) is 4.76. The molecule has 6 nitrogen and oxygen atoms in total. The molecule has 1 fully saturated rings. The molecule has 178 valence electrons. The second kappa shape index (κ2) is 11.9. The molecule has 3 aromatic rings. The minimum absolute atomic E-state index is 0.135. The zero-order valence-electron chi connectivity index (χ0n) is 18.9. The summed E-state index contributed by atoms with van der Waals surface area (Å²) in [6.45, 7) is 0.0946. The third kappa shape index (κ3) is 6.33. The standard InChI is InChI=1S/C26H29N3O3S2/c30-23(17-27-25(31)22-14-8-16-34-22)29(18-19-9-3-1-4-10-19)24(21-13-7-15-33-21)26(32)28-20-11-5-2-6-12-20/h1,3-4,7-10,13-16,20,24H,2,5-6,11-12,17-18H2,(H,27,31)(H,28,32)/t24-/m1/s1. The Morgan fingerprint density at radius 2 is 1.65 bits per heavy atom. The molecule has 0 spiro atoms. The van der Waals surface area contributed by atoms with Gasteiger partial charge >= 0.3 is 0 Å². The number of hydrogen-bond donors (Lipinski definition) is 2. The maximum Gasteiger partial charge on any atom is 0.261 e. The Labute approximate surface area is 208 Å². The summed E-state index contributed by atoms with van der Waals surface area (Å²) in [5.41, 5.74) is 0.924. The lowest BCUT2D eigenvalue weighted by molar-refractivity contribution is -0.141. The van der Waals surface area contributed by atoms with Gasteiger partial charge in [0, 0.05) is 17.5 Å². The van der Waals surface area contributed by atoms with Crippen molar-refractivity contribution in [1.82, 2.24) is 15.5 Å². The Morgan fingerprint density at radius 1 is 0.912 bits per heavy atom. The van der Waals surface area contributed by atoms with Gasteiger partial charge in [-0.3, -0.25) is 14.4 Å². The van der Waals surface area contributed by atoms with Crippen molar-refractivity contribution in [2.24, 2.45) is 0 Å². The first-order chi connectivity index (χ1) is 16.6. The molecule has 2 aromatic heterocycles. The average molecular weight is 496 g/mol. The Balaban J connectivity index is 1.57.